The molecule has 0 aromatic rings. The number of carboxylic acid groups (broad SMARTS) is 2. The molecule has 0 amide bonds. The summed E-state index contributed by atoms with van der Waals surface area (Å²) in [6, 6.07) is 0. The molecule has 0 aliphatic heterocycles. The first kappa shape index (κ1) is 38.9. The maximum absolute atomic E-state index is 10.1. The summed E-state index contributed by atoms with van der Waals surface area (Å²) < 4.78 is -1.36. The summed E-state index contributed by atoms with van der Waals surface area (Å²) in [5.74, 6) is -2.88. The van der Waals surface area contributed by atoms with Crippen LogP contribution in [0.5, 0.6) is 0 Å². The van der Waals surface area contributed by atoms with Crippen LogP contribution in [0.15, 0.2) is 0 Å². The average Bonchev–Trinajstić information content (AvgIpc) is 2.48. The Balaban J connectivity index is -0.0000000872. The summed E-state index contributed by atoms with van der Waals surface area (Å²) in [4.78, 5) is 39.5. The Morgan fingerprint density at radius 2 is 1.04 bits per heavy atom. The van der Waals surface area contributed by atoms with Gasteiger partial charge in [0.25, 0.3) is 0 Å². The predicted molar refractivity (Wildman–Crippen MR) is 91.3 cm³/mol. The first-order valence-electron chi connectivity index (χ1n) is 7.32. The molecular formula is C14H23AuNaO8PSe2. The van der Waals surface area contributed by atoms with E-state index in [1.54, 1.807) is 0 Å². The Kier molecular flexibility index (Phi) is 36.7. The van der Waals surface area contributed by atoms with Crippen molar-refractivity contribution in [1.29, 1.82) is 0 Å². The minimum absolute atomic E-state index is 0. The van der Waals surface area contributed by atoms with Crippen LogP contribution in [-0.4, -0.2) is 94.2 Å². The van der Waals surface area contributed by atoms with Gasteiger partial charge in [-0.25, -0.2) is 0 Å². The zero-order valence-corrected chi connectivity index (χ0v) is 24.1. The second kappa shape index (κ2) is 25.4. The fourth-order valence-electron chi connectivity index (χ4n) is 1.15. The number of aliphatic hydroxyl groups excluding tert-OH is 2. The summed E-state index contributed by atoms with van der Waals surface area (Å²) in [5.41, 5.74) is 0. The molecule has 2 atom stereocenters. The van der Waals surface area contributed by atoms with Crippen LogP contribution in [0, 0.1) is 0 Å². The third-order valence-corrected chi connectivity index (χ3v) is 6.43. The fourth-order valence-corrected chi connectivity index (χ4v) is 2.84. The van der Waals surface area contributed by atoms with Crippen LogP contribution in [0.4, 0.5) is 0 Å². The minimum atomic E-state index is -1.46. The zero-order chi connectivity index (χ0) is 20.6. The molecule has 0 rings (SSSR count). The Hall–Kier alpha value is 1.41. The van der Waals surface area contributed by atoms with E-state index in [2.05, 4.69) is 20.8 Å². The van der Waals surface area contributed by atoms with Crippen molar-refractivity contribution in [2.75, 3.05) is 18.5 Å². The van der Waals surface area contributed by atoms with Crippen molar-refractivity contribution < 1.29 is 91.5 Å². The molecule has 2 N–H and O–H groups in total. The molecule has 0 aromatic carbocycles. The molecule has 0 radical (unpaired) electrons. The summed E-state index contributed by atoms with van der Waals surface area (Å²) >= 11 is 3.93. The second-order valence-electron chi connectivity index (χ2n) is 4.44. The molecule has 0 heterocycles. The van der Waals surface area contributed by atoms with Gasteiger partial charge < -0.3 is 0 Å². The summed E-state index contributed by atoms with van der Waals surface area (Å²) in [6.45, 7) is 6.87. The standard InChI is InChI=1S/C6H15P.2C4H6O4Se.Au.Na/c1-4-7(5-2)6-3;2*5-2(4(8)9)1-3(6)7;;/h4-6H2,1-3H3;2*2,5H,1H2,(H,6,7)(H,8,9);;/q;;;+3;+1/p-4. The summed E-state index contributed by atoms with van der Waals surface area (Å²) in [5, 5.41) is 36.3. The van der Waals surface area contributed by atoms with Crippen molar-refractivity contribution in [2.24, 2.45) is 0 Å². The van der Waals surface area contributed by atoms with Gasteiger partial charge in [0.15, 0.2) is 0 Å². The topological polar surface area (TPSA) is 155 Å². The quantitative estimate of drug-likeness (QED) is 0.176. The van der Waals surface area contributed by atoms with Gasteiger partial charge in [-0.15, -0.1) is 7.92 Å². The Bertz CT molecular complexity index is 390. The number of carboxylic acids is 2. The number of hydrogen-bond acceptors (Lipinski definition) is 8. The van der Waals surface area contributed by atoms with Crippen LogP contribution >= 0.6 is 7.92 Å². The molecule has 0 saturated carbocycles. The van der Waals surface area contributed by atoms with Gasteiger partial charge in [0.1, 0.15) is 0 Å². The van der Waals surface area contributed by atoms with E-state index in [0.29, 0.717) is 7.92 Å². The minimum Gasteiger partial charge on any atom is 1.00 e. The number of carbonyl (C=O) groups excluding carboxylic acids is 4. The van der Waals surface area contributed by atoms with E-state index in [1.165, 1.54) is 18.5 Å². The van der Waals surface area contributed by atoms with Crippen LogP contribution in [0.3, 0.4) is 0 Å². The normalized spacial score (nSPS) is 11.0. The maximum atomic E-state index is 10.1. The zero-order valence-electron chi connectivity index (χ0n) is 15.6. The van der Waals surface area contributed by atoms with Crippen molar-refractivity contribution in [3.8, 4) is 0 Å². The molecule has 0 aliphatic carbocycles. The van der Waals surface area contributed by atoms with Crippen LogP contribution in [0.25, 0.3) is 0 Å². The summed E-state index contributed by atoms with van der Waals surface area (Å²) in [7, 11) is 0.446. The van der Waals surface area contributed by atoms with Gasteiger partial charge in [-0.05, 0) is 18.5 Å². The van der Waals surface area contributed by atoms with E-state index in [-0.39, 0.29) is 51.9 Å². The molecule has 0 spiro atoms. The van der Waals surface area contributed by atoms with Gasteiger partial charge >= 0.3 is 170 Å². The van der Waals surface area contributed by atoms with Crippen molar-refractivity contribution in [3.63, 3.8) is 0 Å². The number of rotatable bonds is 9. The van der Waals surface area contributed by atoms with Crippen LogP contribution in [0.2, 0.25) is 0 Å². The fraction of sp³-hybridized carbons (Fsp3) is 0.714. The molecule has 0 aromatic heterocycles. The predicted octanol–water partition coefficient (Wildman–Crippen LogP) is -6.11. The third kappa shape index (κ3) is 32.3. The van der Waals surface area contributed by atoms with E-state index < -0.39 is 46.4 Å². The Morgan fingerprint density at radius 3 is 1.07 bits per heavy atom. The maximum Gasteiger partial charge on any atom is 3.00 e. The molecule has 13 heteroatoms. The molecule has 0 saturated heterocycles. The van der Waals surface area contributed by atoms with E-state index in [1.807, 2.05) is 32.0 Å². The van der Waals surface area contributed by atoms with E-state index in [0.717, 1.165) is 0 Å². The monoisotopic (exact) mass is 730 g/mol. The SMILES string of the molecule is CCP(CC)CC.O=C([O-])CC(O)C(=O)[Se-].O=C([O-])CC(O)C(=O)[Se-].[Au+3].[Na+]. The number of carbonyl (C=O) groups is 4. The molecule has 0 fully saturated rings. The number of hydrogen-bond donors (Lipinski definition) is 2. The molecule has 8 nitrogen and oxygen atoms in total. The van der Waals surface area contributed by atoms with Crippen LogP contribution in [0.1, 0.15) is 33.6 Å². The van der Waals surface area contributed by atoms with Gasteiger partial charge in [-0.1, -0.05) is 20.8 Å². The summed E-state index contributed by atoms with van der Waals surface area (Å²) in [6.07, 6.45) is 0.0370. The smallest absolute Gasteiger partial charge is 1.00 e. The first-order chi connectivity index (χ1) is 11.4. The number of aliphatic carboxylic acids is 2. The third-order valence-electron chi connectivity index (χ3n) is 2.61. The van der Waals surface area contributed by atoms with Crippen molar-refractivity contribution >= 4 is 61.2 Å². The molecule has 2 unspecified atom stereocenters. The molecule has 156 valence electrons. The molecule has 0 bridgehead atoms. The van der Waals surface area contributed by atoms with Crippen molar-refractivity contribution in [1.82, 2.24) is 0 Å². The van der Waals surface area contributed by atoms with Crippen molar-refractivity contribution in [3.05, 3.63) is 0 Å². The van der Waals surface area contributed by atoms with Gasteiger partial charge in [0.2, 0.25) is 0 Å². The average molecular weight is 728 g/mol. The van der Waals surface area contributed by atoms with E-state index in [4.69, 9.17) is 10.2 Å². The van der Waals surface area contributed by atoms with E-state index in [9.17, 15) is 29.4 Å². The largest absolute Gasteiger partial charge is 3.00 e. The second-order valence-corrected chi connectivity index (χ2v) is 9.37. The van der Waals surface area contributed by atoms with Crippen molar-refractivity contribution in [2.45, 2.75) is 45.8 Å². The van der Waals surface area contributed by atoms with Gasteiger partial charge in [0, 0.05) is 0 Å². The van der Waals surface area contributed by atoms with Gasteiger partial charge in [0.05, 0.1) is 0 Å². The molecular weight excluding hydrogens is 705 g/mol. The molecule has 27 heavy (non-hydrogen) atoms. The Labute approximate surface area is 215 Å². The van der Waals surface area contributed by atoms with Crippen LogP contribution in [-0.2, 0) is 41.6 Å². The first-order valence-corrected chi connectivity index (χ1v) is 10.9. The Morgan fingerprint density at radius 1 is 0.815 bits per heavy atom. The van der Waals surface area contributed by atoms with Gasteiger partial charge in [-0.2, -0.15) is 0 Å². The van der Waals surface area contributed by atoms with Gasteiger partial charge in [-0.3, -0.25) is 0 Å². The number of aliphatic hydroxyl groups is 2. The van der Waals surface area contributed by atoms with E-state index >= 15 is 0 Å². The molecule has 0 aliphatic rings. The van der Waals surface area contributed by atoms with Crippen LogP contribution < -0.4 is 39.8 Å².